The van der Waals surface area contributed by atoms with Crippen LogP contribution in [0.15, 0.2) is 5.38 Å². The van der Waals surface area contributed by atoms with Crippen molar-refractivity contribution >= 4 is 11.3 Å². The third kappa shape index (κ3) is 6.43. The summed E-state index contributed by atoms with van der Waals surface area (Å²) in [6, 6.07) is 0. The Kier molecular flexibility index (Phi) is 7.10. The molecule has 1 aromatic heterocycles. The van der Waals surface area contributed by atoms with Crippen LogP contribution in [0.1, 0.15) is 43.3 Å². The Labute approximate surface area is 131 Å². The number of ether oxygens (including phenoxy) is 1. The number of aliphatic hydroxyl groups excluding tert-OH is 1. The Morgan fingerprint density at radius 2 is 2.38 bits per heavy atom. The number of nitrogens with zero attached hydrogens (tertiary/aromatic N) is 1. The summed E-state index contributed by atoms with van der Waals surface area (Å²) in [6.07, 6.45) is 5.71. The maximum Gasteiger partial charge on any atom is 0.0897 e. The average Bonchev–Trinajstić information content (AvgIpc) is 2.87. The standard InChI is InChI=1S/C16H28N2O2S/c1-12-4-3-5-16(8-12)20-10-15(19)9-17-7-6-14-11-21-13(2)18-14/h11-12,15-17,19H,3-10H2,1-2H3. The first kappa shape index (κ1) is 16.9. The summed E-state index contributed by atoms with van der Waals surface area (Å²) in [7, 11) is 0. The maximum atomic E-state index is 9.95. The lowest BCUT2D eigenvalue weighted by molar-refractivity contribution is -0.0305. The molecule has 120 valence electrons. The summed E-state index contributed by atoms with van der Waals surface area (Å²) < 4.78 is 5.83. The molecule has 0 spiro atoms. The molecule has 5 heteroatoms. The maximum absolute atomic E-state index is 9.95. The number of nitrogens with one attached hydrogen (secondary N) is 1. The molecule has 1 aliphatic rings. The van der Waals surface area contributed by atoms with Gasteiger partial charge in [-0.25, -0.2) is 4.98 Å². The highest BCUT2D eigenvalue weighted by Crippen LogP contribution is 2.25. The van der Waals surface area contributed by atoms with E-state index in [1.54, 1.807) is 11.3 Å². The third-order valence-corrected chi connectivity index (χ3v) is 4.84. The topological polar surface area (TPSA) is 54.4 Å². The van der Waals surface area contributed by atoms with Crippen LogP contribution in [0, 0.1) is 12.8 Å². The van der Waals surface area contributed by atoms with E-state index in [-0.39, 0.29) is 0 Å². The fraction of sp³-hybridized carbons (Fsp3) is 0.812. The van der Waals surface area contributed by atoms with Crippen LogP contribution in [-0.4, -0.2) is 42.0 Å². The van der Waals surface area contributed by atoms with E-state index in [1.807, 2.05) is 6.92 Å². The van der Waals surface area contributed by atoms with Crippen LogP contribution in [0.3, 0.4) is 0 Å². The minimum atomic E-state index is -0.417. The van der Waals surface area contributed by atoms with Crippen LogP contribution in [0.25, 0.3) is 0 Å². The van der Waals surface area contributed by atoms with Crippen LogP contribution in [0.2, 0.25) is 0 Å². The van der Waals surface area contributed by atoms with Crippen molar-refractivity contribution in [1.29, 1.82) is 0 Å². The van der Waals surface area contributed by atoms with E-state index < -0.39 is 6.10 Å². The number of thiazole rings is 1. The summed E-state index contributed by atoms with van der Waals surface area (Å²) in [5, 5.41) is 16.4. The van der Waals surface area contributed by atoms with Gasteiger partial charge in [0, 0.05) is 24.9 Å². The molecule has 0 aromatic carbocycles. The van der Waals surface area contributed by atoms with Crippen LogP contribution in [0.5, 0.6) is 0 Å². The van der Waals surface area contributed by atoms with Crippen LogP contribution in [0.4, 0.5) is 0 Å². The minimum absolute atomic E-state index is 0.349. The second-order valence-corrected chi connectivity index (χ2v) is 7.26. The molecule has 0 bridgehead atoms. The first-order valence-electron chi connectivity index (χ1n) is 8.05. The second-order valence-electron chi connectivity index (χ2n) is 6.19. The van der Waals surface area contributed by atoms with Gasteiger partial charge in [0.1, 0.15) is 0 Å². The van der Waals surface area contributed by atoms with Crippen molar-refractivity contribution in [3.05, 3.63) is 16.1 Å². The van der Waals surface area contributed by atoms with Crippen molar-refractivity contribution in [3.8, 4) is 0 Å². The molecular weight excluding hydrogens is 284 g/mol. The van der Waals surface area contributed by atoms with Gasteiger partial charge in [0.25, 0.3) is 0 Å². The molecule has 1 saturated carbocycles. The summed E-state index contributed by atoms with van der Waals surface area (Å²) in [4.78, 5) is 4.42. The van der Waals surface area contributed by atoms with Gasteiger partial charge in [-0.05, 0) is 25.7 Å². The molecule has 3 atom stereocenters. The van der Waals surface area contributed by atoms with E-state index in [0.717, 1.165) is 42.4 Å². The van der Waals surface area contributed by atoms with Gasteiger partial charge >= 0.3 is 0 Å². The van der Waals surface area contributed by atoms with Gasteiger partial charge in [0.2, 0.25) is 0 Å². The monoisotopic (exact) mass is 312 g/mol. The van der Waals surface area contributed by atoms with Crippen LogP contribution >= 0.6 is 11.3 Å². The molecule has 1 aliphatic carbocycles. The molecule has 2 N–H and O–H groups in total. The molecule has 1 heterocycles. The molecule has 2 rings (SSSR count). The highest BCUT2D eigenvalue weighted by molar-refractivity contribution is 7.09. The molecule has 4 nitrogen and oxygen atoms in total. The van der Waals surface area contributed by atoms with Gasteiger partial charge < -0.3 is 15.2 Å². The fourth-order valence-corrected chi connectivity index (χ4v) is 3.49. The number of rotatable bonds is 8. The normalized spacial score (nSPS) is 24.1. The van der Waals surface area contributed by atoms with Crippen molar-refractivity contribution in [2.45, 2.75) is 58.2 Å². The van der Waals surface area contributed by atoms with E-state index in [2.05, 4.69) is 22.6 Å². The molecule has 0 amide bonds. The highest BCUT2D eigenvalue weighted by atomic mass is 32.1. The van der Waals surface area contributed by atoms with E-state index in [4.69, 9.17) is 4.74 Å². The minimum Gasteiger partial charge on any atom is -0.389 e. The largest absolute Gasteiger partial charge is 0.389 e. The van der Waals surface area contributed by atoms with E-state index in [9.17, 15) is 5.11 Å². The Bertz CT molecular complexity index is 411. The Hall–Kier alpha value is -0.490. The molecule has 1 aromatic rings. The Morgan fingerprint density at radius 3 is 3.10 bits per heavy atom. The quantitative estimate of drug-likeness (QED) is 0.724. The zero-order chi connectivity index (χ0) is 15.1. The molecule has 0 aliphatic heterocycles. The van der Waals surface area contributed by atoms with Crippen molar-refractivity contribution in [1.82, 2.24) is 10.3 Å². The van der Waals surface area contributed by atoms with Gasteiger partial charge in [0.05, 0.1) is 29.5 Å². The average molecular weight is 312 g/mol. The van der Waals surface area contributed by atoms with Gasteiger partial charge in [0.15, 0.2) is 0 Å². The van der Waals surface area contributed by atoms with Crippen molar-refractivity contribution in [2.75, 3.05) is 19.7 Å². The summed E-state index contributed by atoms with van der Waals surface area (Å²) in [6.45, 7) is 6.19. The number of aryl methyl sites for hydroxylation is 1. The van der Waals surface area contributed by atoms with Gasteiger partial charge in [-0.1, -0.05) is 19.8 Å². The Balaban J connectivity index is 1.52. The second kappa shape index (κ2) is 8.83. The number of aliphatic hydroxyl groups is 1. The highest BCUT2D eigenvalue weighted by Gasteiger charge is 2.20. The summed E-state index contributed by atoms with van der Waals surface area (Å²) in [5.41, 5.74) is 1.13. The number of hydrogen-bond acceptors (Lipinski definition) is 5. The molecule has 0 saturated heterocycles. The Morgan fingerprint density at radius 1 is 1.52 bits per heavy atom. The first-order chi connectivity index (χ1) is 10.1. The molecule has 21 heavy (non-hydrogen) atoms. The molecule has 1 fully saturated rings. The fourth-order valence-electron chi connectivity index (χ4n) is 2.84. The molecule has 0 radical (unpaired) electrons. The lowest BCUT2D eigenvalue weighted by atomic mass is 9.89. The van der Waals surface area contributed by atoms with Crippen LogP contribution < -0.4 is 5.32 Å². The summed E-state index contributed by atoms with van der Waals surface area (Å²) >= 11 is 1.68. The molecule has 3 unspecified atom stereocenters. The van der Waals surface area contributed by atoms with Gasteiger partial charge in [-0.15, -0.1) is 11.3 Å². The van der Waals surface area contributed by atoms with Crippen molar-refractivity contribution < 1.29 is 9.84 Å². The molecular formula is C16H28N2O2S. The smallest absolute Gasteiger partial charge is 0.0897 e. The zero-order valence-electron chi connectivity index (χ0n) is 13.2. The predicted octanol–water partition coefficient (Wildman–Crippen LogP) is 2.54. The lowest BCUT2D eigenvalue weighted by Gasteiger charge is -2.27. The predicted molar refractivity (Wildman–Crippen MR) is 86.8 cm³/mol. The van der Waals surface area contributed by atoms with E-state index >= 15 is 0 Å². The third-order valence-electron chi connectivity index (χ3n) is 4.02. The van der Waals surface area contributed by atoms with Crippen LogP contribution in [-0.2, 0) is 11.2 Å². The van der Waals surface area contributed by atoms with Crippen molar-refractivity contribution in [3.63, 3.8) is 0 Å². The lowest BCUT2D eigenvalue weighted by Crippen LogP contribution is -2.34. The summed E-state index contributed by atoms with van der Waals surface area (Å²) in [5.74, 6) is 0.764. The number of aromatic nitrogens is 1. The number of hydrogen-bond donors (Lipinski definition) is 2. The zero-order valence-corrected chi connectivity index (χ0v) is 14.0. The van der Waals surface area contributed by atoms with E-state index in [0.29, 0.717) is 19.3 Å². The van der Waals surface area contributed by atoms with Crippen molar-refractivity contribution in [2.24, 2.45) is 5.92 Å². The van der Waals surface area contributed by atoms with Gasteiger partial charge in [-0.3, -0.25) is 0 Å². The van der Waals surface area contributed by atoms with Gasteiger partial charge in [-0.2, -0.15) is 0 Å². The first-order valence-corrected chi connectivity index (χ1v) is 8.93. The van der Waals surface area contributed by atoms with E-state index in [1.165, 1.54) is 12.8 Å². The SMILES string of the molecule is Cc1nc(CCNCC(O)COC2CCCC(C)C2)cs1.